The number of halogens is 1. The first-order valence-corrected chi connectivity index (χ1v) is 6.78. The fourth-order valence-corrected chi connectivity index (χ4v) is 2.99. The smallest absolute Gasteiger partial charge is 0.146 e. The molecule has 1 aliphatic heterocycles. The Morgan fingerprint density at radius 1 is 1.38 bits per heavy atom. The summed E-state index contributed by atoms with van der Waals surface area (Å²) >= 11 is 0. The van der Waals surface area contributed by atoms with Gasteiger partial charge in [-0.05, 0) is 11.6 Å². The predicted octanol–water partition coefficient (Wildman–Crippen LogP) is 0.853. The second-order valence-electron chi connectivity index (χ2n) is 3.79. The Morgan fingerprint density at radius 2 is 2.06 bits per heavy atom. The topological polar surface area (TPSA) is 46.3 Å². The van der Waals surface area contributed by atoms with E-state index in [9.17, 15) is 8.60 Å². The molecule has 0 bridgehead atoms. The molecule has 2 rings (SSSR count). The van der Waals surface area contributed by atoms with Crippen LogP contribution < -0.4 is 10.6 Å². The van der Waals surface area contributed by atoms with Gasteiger partial charge in [-0.15, -0.1) is 0 Å². The van der Waals surface area contributed by atoms with Crippen LogP contribution in [0.15, 0.2) is 18.2 Å². The van der Waals surface area contributed by atoms with Gasteiger partial charge in [-0.25, -0.2) is 4.39 Å². The molecule has 1 fully saturated rings. The van der Waals surface area contributed by atoms with E-state index >= 15 is 0 Å². The van der Waals surface area contributed by atoms with E-state index in [1.807, 2.05) is 11.0 Å². The molecule has 0 radical (unpaired) electrons. The minimum absolute atomic E-state index is 0.240. The number of hydrogen-bond donors (Lipinski definition) is 1. The Labute approximate surface area is 96.9 Å². The standard InChI is InChI=1S/C11H15FN2OS/c12-10-3-1-2-9(8-13)11(10)14-4-6-16(15)7-5-14/h1-3H,4-8,13H2. The highest BCUT2D eigenvalue weighted by atomic mass is 32.2. The molecule has 2 N–H and O–H groups in total. The average molecular weight is 242 g/mol. The number of anilines is 1. The molecule has 5 heteroatoms. The minimum Gasteiger partial charge on any atom is -0.367 e. The van der Waals surface area contributed by atoms with Crippen LogP contribution in [0.4, 0.5) is 10.1 Å². The van der Waals surface area contributed by atoms with Crippen molar-refractivity contribution < 1.29 is 8.60 Å². The number of rotatable bonds is 2. The molecular formula is C11H15FN2OS. The van der Waals surface area contributed by atoms with Crippen LogP contribution in [-0.2, 0) is 17.3 Å². The highest BCUT2D eigenvalue weighted by Gasteiger charge is 2.20. The van der Waals surface area contributed by atoms with Crippen molar-refractivity contribution in [3.8, 4) is 0 Å². The second-order valence-corrected chi connectivity index (χ2v) is 5.48. The van der Waals surface area contributed by atoms with Crippen LogP contribution >= 0.6 is 0 Å². The summed E-state index contributed by atoms with van der Waals surface area (Å²) in [6.45, 7) is 1.60. The molecule has 0 atom stereocenters. The summed E-state index contributed by atoms with van der Waals surface area (Å²) in [7, 11) is -0.745. The summed E-state index contributed by atoms with van der Waals surface area (Å²) in [4.78, 5) is 1.94. The van der Waals surface area contributed by atoms with Gasteiger partial charge in [-0.2, -0.15) is 0 Å². The highest BCUT2D eigenvalue weighted by molar-refractivity contribution is 7.85. The van der Waals surface area contributed by atoms with Gasteiger partial charge in [0.15, 0.2) is 0 Å². The molecule has 0 amide bonds. The summed E-state index contributed by atoms with van der Waals surface area (Å²) in [5.74, 6) is 0.979. The van der Waals surface area contributed by atoms with Crippen molar-refractivity contribution in [1.29, 1.82) is 0 Å². The molecule has 0 unspecified atom stereocenters. The summed E-state index contributed by atoms with van der Waals surface area (Å²) in [5, 5.41) is 0. The quantitative estimate of drug-likeness (QED) is 0.836. The number of nitrogens with zero attached hydrogens (tertiary/aromatic N) is 1. The molecule has 0 aliphatic carbocycles. The van der Waals surface area contributed by atoms with Crippen molar-refractivity contribution in [3.05, 3.63) is 29.6 Å². The van der Waals surface area contributed by atoms with Gasteiger partial charge in [0.25, 0.3) is 0 Å². The number of hydrogen-bond acceptors (Lipinski definition) is 3. The van der Waals surface area contributed by atoms with Crippen molar-refractivity contribution in [2.24, 2.45) is 5.73 Å². The van der Waals surface area contributed by atoms with E-state index < -0.39 is 10.8 Å². The Hall–Kier alpha value is -0.940. The molecular weight excluding hydrogens is 227 g/mol. The van der Waals surface area contributed by atoms with Gasteiger partial charge < -0.3 is 10.6 Å². The Bertz CT molecular complexity index is 401. The third kappa shape index (κ3) is 2.25. The molecule has 1 heterocycles. The monoisotopic (exact) mass is 242 g/mol. The molecule has 1 aromatic carbocycles. The van der Waals surface area contributed by atoms with Gasteiger partial charge in [0.2, 0.25) is 0 Å². The summed E-state index contributed by atoms with van der Waals surface area (Å²) < 4.78 is 25.0. The maximum atomic E-state index is 13.7. The van der Waals surface area contributed by atoms with Crippen LogP contribution in [-0.4, -0.2) is 28.8 Å². The second kappa shape index (κ2) is 4.93. The van der Waals surface area contributed by atoms with E-state index in [1.54, 1.807) is 6.07 Å². The van der Waals surface area contributed by atoms with Gasteiger partial charge in [-0.1, -0.05) is 12.1 Å². The zero-order valence-electron chi connectivity index (χ0n) is 8.99. The lowest BCUT2D eigenvalue weighted by atomic mass is 10.1. The third-order valence-electron chi connectivity index (χ3n) is 2.78. The van der Waals surface area contributed by atoms with Gasteiger partial charge in [0, 0.05) is 41.9 Å². The van der Waals surface area contributed by atoms with Crippen molar-refractivity contribution in [3.63, 3.8) is 0 Å². The predicted molar refractivity (Wildman–Crippen MR) is 64.4 cm³/mol. The van der Waals surface area contributed by atoms with E-state index in [0.717, 1.165) is 5.56 Å². The normalized spacial score (nSPS) is 17.8. The third-order valence-corrected chi connectivity index (χ3v) is 4.06. The molecule has 0 spiro atoms. The fraction of sp³-hybridized carbons (Fsp3) is 0.455. The first-order chi connectivity index (χ1) is 7.72. The van der Waals surface area contributed by atoms with Crippen LogP contribution in [0.5, 0.6) is 0 Å². The van der Waals surface area contributed by atoms with Crippen LogP contribution in [0.3, 0.4) is 0 Å². The van der Waals surface area contributed by atoms with E-state index in [2.05, 4.69) is 0 Å². The lowest BCUT2D eigenvalue weighted by Crippen LogP contribution is -2.38. The summed E-state index contributed by atoms with van der Waals surface area (Å²) in [6.07, 6.45) is 0. The maximum Gasteiger partial charge on any atom is 0.146 e. The van der Waals surface area contributed by atoms with Crippen molar-refractivity contribution in [2.45, 2.75) is 6.54 Å². The van der Waals surface area contributed by atoms with E-state index in [4.69, 9.17) is 5.73 Å². The molecule has 1 saturated heterocycles. The first kappa shape index (κ1) is 11.5. The fourth-order valence-electron chi connectivity index (χ4n) is 1.94. The first-order valence-electron chi connectivity index (χ1n) is 5.29. The minimum atomic E-state index is -0.745. The van der Waals surface area contributed by atoms with E-state index in [1.165, 1.54) is 6.07 Å². The van der Waals surface area contributed by atoms with E-state index in [0.29, 0.717) is 36.8 Å². The lowest BCUT2D eigenvalue weighted by Gasteiger charge is -2.30. The lowest BCUT2D eigenvalue weighted by molar-refractivity contribution is 0.614. The van der Waals surface area contributed by atoms with Crippen LogP contribution in [0.1, 0.15) is 5.56 Å². The molecule has 1 aromatic rings. The molecule has 16 heavy (non-hydrogen) atoms. The van der Waals surface area contributed by atoms with Crippen LogP contribution in [0.2, 0.25) is 0 Å². The van der Waals surface area contributed by atoms with Crippen LogP contribution in [0.25, 0.3) is 0 Å². The number of para-hydroxylation sites is 1. The average Bonchev–Trinajstić information content (AvgIpc) is 2.30. The van der Waals surface area contributed by atoms with Gasteiger partial charge in [0.1, 0.15) is 5.82 Å². The van der Waals surface area contributed by atoms with Gasteiger partial charge in [-0.3, -0.25) is 4.21 Å². The van der Waals surface area contributed by atoms with Crippen molar-refractivity contribution in [1.82, 2.24) is 0 Å². The number of nitrogens with two attached hydrogens (primary N) is 1. The molecule has 0 saturated carbocycles. The Morgan fingerprint density at radius 3 is 2.69 bits per heavy atom. The number of benzene rings is 1. The summed E-state index contributed by atoms with van der Waals surface area (Å²) in [6, 6.07) is 4.95. The molecule has 1 aliphatic rings. The molecule has 3 nitrogen and oxygen atoms in total. The largest absolute Gasteiger partial charge is 0.367 e. The zero-order valence-corrected chi connectivity index (χ0v) is 9.80. The summed E-state index contributed by atoms with van der Waals surface area (Å²) in [5.41, 5.74) is 7.00. The SMILES string of the molecule is NCc1cccc(F)c1N1CCS(=O)CC1. The Balaban J connectivity index is 2.28. The molecule has 88 valence electrons. The van der Waals surface area contributed by atoms with Crippen LogP contribution in [0, 0.1) is 5.82 Å². The maximum absolute atomic E-state index is 13.7. The van der Waals surface area contributed by atoms with Crippen molar-refractivity contribution >= 4 is 16.5 Å². The van der Waals surface area contributed by atoms with Gasteiger partial charge >= 0.3 is 0 Å². The van der Waals surface area contributed by atoms with E-state index in [-0.39, 0.29) is 5.82 Å². The van der Waals surface area contributed by atoms with Gasteiger partial charge in [0.05, 0.1) is 5.69 Å². The highest BCUT2D eigenvalue weighted by Crippen LogP contribution is 2.25. The molecule has 0 aromatic heterocycles. The van der Waals surface area contributed by atoms with Crippen molar-refractivity contribution in [2.75, 3.05) is 29.5 Å². The Kier molecular flexibility index (Phi) is 3.56. The zero-order chi connectivity index (χ0) is 11.5.